The van der Waals surface area contributed by atoms with E-state index in [1.165, 1.54) is 16.7 Å². The number of benzene rings is 2. The molecule has 0 saturated heterocycles. The van der Waals surface area contributed by atoms with Gasteiger partial charge < -0.3 is 14.2 Å². The van der Waals surface area contributed by atoms with E-state index in [1.807, 2.05) is 30.6 Å². The molecule has 1 aliphatic heterocycles. The minimum absolute atomic E-state index is 0.295. The summed E-state index contributed by atoms with van der Waals surface area (Å²) in [5.41, 5.74) is 3.63. The third-order valence-electron chi connectivity index (χ3n) is 4.54. The highest BCUT2D eigenvalue weighted by Crippen LogP contribution is 2.33. The van der Waals surface area contributed by atoms with Gasteiger partial charge in [-0.2, -0.15) is 0 Å². The van der Waals surface area contributed by atoms with Gasteiger partial charge in [-0.25, -0.2) is 0 Å². The van der Waals surface area contributed by atoms with Crippen molar-refractivity contribution in [1.29, 1.82) is 0 Å². The summed E-state index contributed by atoms with van der Waals surface area (Å²) in [5, 5.41) is 0. The molecule has 0 aliphatic carbocycles. The first kappa shape index (κ1) is 17.4. The summed E-state index contributed by atoms with van der Waals surface area (Å²) < 4.78 is 16.3. The Morgan fingerprint density at radius 3 is 2.41 bits per heavy atom. The van der Waals surface area contributed by atoms with E-state index in [0.29, 0.717) is 6.79 Å². The molecule has 0 spiro atoms. The molecule has 0 unspecified atom stereocenters. The second kappa shape index (κ2) is 8.10. The van der Waals surface area contributed by atoms with E-state index in [4.69, 9.17) is 14.2 Å². The summed E-state index contributed by atoms with van der Waals surface area (Å²) in [6.07, 6.45) is 3.67. The Hall–Kier alpha value is -3.05. The van der Waals surface area contributed by atoms with E-state index in [9.17, 15) is 0 Å². The lowest BCUT2D eigenvalue weighted by Crippen LogP contribution is -2.22. The van der Waals surface area contributed by atoms with Crippen LogP contribution in [0.2, 0.25) is 0 Å². The fraction of sp³-hybridized carbons (Fsp3) is 0.227. The van der Waals surface area contributed by atoms with Gasteiger partial charge in [-0.15, -0.1) is 0 Å². The van der Waals surface area contributed by atoms with Gasteiger partial charge in [0.1, 0.15) is 5.75 Å². The van der Waals surface area contributed by atoms with Crippen molar-refractivity contribution < 1.29 is 14.2 Å². The zero-order valence-electron chi connectivity index (χ0n) is 15.3. The highest BCUT2D eigenvalue weighted by atomic mass is 16.7. The van der Waals surface area contributed by atoms with Crippen LogP contribution in [0.25, 0.3) is 0 Å². The molecule has 4 rings (SSSR count). The molecule has 2 heterocycles. The van der Waals surface area contributed by atoms with Crippen molar-refractivity contribution in [3.05, 3.63) is 83.7 Å². The molecule has 0 amide bonds. The third kappa shape index (κ3) is 4.38. The second-order valence-corrected chi connectivity index (χ2v) is 6.54. The monoisotopic (exact) mass is 362 g/mol. The number of nitrogens with zero attached hydrogens (tertiary/aromatic N) is 2. The Morgan fingerprint density at radius 1 is 0.852 bits per heavy atom. The number of ether oxygens (including phenoxy) is 3. The van der Waals surface area contributed by atoms with Crippen LogP contribution in [0, 0.1) is 0 Å². The Labute approximate surface area is 159 Å². The number of rotatable bonds is 7. The number of hydrogen-bond acceptors (Lipinski definition) is 5. The molecule has 1 aromatic heterocycles. The Kier molecular flexibility index (Phi) is 5.21. The van der Waals surface area contributed by atoms with Gasteiger partial charge in [0.05, 0.1) is 7.11 Å². The van der Waals surface area contributed by atoms with Crippen LogP contribution in [0.15, 0.2) is 67.0 Å². The molecule has 27 heavy (non-hydrogen) atoms. The maximum atomic E-state index is 5.52. The molecule has 0 bridgehead atoms. The topological polar surface area (TPSA) is 43.8 Å². The fourth-order valence-corrected chi connectivity index (χ4v) is 3.24. The highest BCUT2D eigenvalue weighted by molar-refractivity contribution is 5.44. The van der Waals surface area contributed by atoms with Crippen LogP contribution in [0.1, 0.15) is 16.7 Å². The van der Waals surface area contributed by atoms with E-state index < -0.39 is 0 Å². The van der Waals surface area contributed by atoms with Crippen LogP contribution >= 0.6 is 0 Å². The van der Waals surface area contributed by atoms with Crippen LogP contribution in [-0.4, -0.2) is 23.8 Å². The summed E-state index contributed by atoms with van der Waals surface area (Å²) in [7, 11) is 1.69. The van der Waals surface area contributed by atoms with E-state index in [1.54, 1.807) is 7.11 Å². The smallest absolute Gasteiger partial charge is 0.231 e. The van der Waals surface area contributed by atoms with Crippen LogP contribution in [-0.2, 0) is 19.6 Å². The second-order valence-electron chi connectivity index (χ2n) is 6.54. The molecule has 1 aliphatic rings. The van der Waals surface area contributed by atoms with Crippen LogP contribution in [0.5, 0.6) is 17.2 Å². The maximum Gasteiger partial charge on any atom is 0.231 e. The van der Waals surface area contributed by atoms with Gasteiger partial charge >= 0.3 is 0 Å². The number of methoxy groups -OCH3 is 1. The maximum absolute atomic E-state index is 5.52. The van der Waals surface area contributed by atoms with Gasteiger partial charge in [-0.1, -0.05) is 18.2 Å². The molecule has 0 N–H and O–H groups in total. The summed E-state index contributed by atoms with van der Waals surface area (Å²) in [6.45, 7) is 2.74. The average molecular weight is 362 g/mol. The Morgan fingerprint density at radius 2 is 1.59 bits per heavy atom. The van der Waals surface area contributed by atoms with Crippen molar-refractivity contribution in [3.8, 4) is 17.2 Å². The molecule has 5 heteroatoms. The Balaban J connectivity index is 1.55. The summed E-state index contributed by atoms with van der Waals surface area (Å²) in [5.74, 6) is 2.50. The predicted molar refractivity (Wildman–Crippen MR) is 103 cm³/mol. The molecule has 0 fully saturated rings. The number of hydrogen-bond donors (Lipinski definition) is 0. The van der Waals surface area contributed by atoms with Gasteiger partial charge in [0, 0.05) is 32.0 Å². The normalized spacial score (nSPS) is 12.4. The quantitative estimate of drug-likeness (QED) is 0.635. The lowest BCUT2D eigenvalue weighted by molar-refractivity contribution is 0.174. The first-order chi connectivity index (χ1) is 13.3. The molecule has 138 valence electrons. The predicted octanol–water partition coefficient (Wildman–Crippen LogP) is 4.02. The SMILES string of the molecule is COc1cccc(CN(Cc2ccncc2)Cc2ccc3c(c2)OCO3)c1. The minimum atomic E-state index is 0.295. The van der Waals surface area contributed by atoms with Crippen molar-refractivity contribution in [1.82, 2.24) is 9.88 Å². The summed E-state index contributed by atoms with van der Waals surface area (Å²) in [4.78, 5) is 6.51. The van der Waals surface area contributed by atoms with Gasteiger partial charge in [-0.05, 0) is 53.1 Å². The van der Waals surface area contributed by atoms with Crippen molar-refractivity contribution in [2.24, 2.45) is 0 Å². The van der Waals surface area contributed by atoms with Crippen molar-refractivity contribution in [2.45, 2.75) is 19.6 Å². The fourth-order valence-electron chi connectivity index (χ4n) is 3.24. The molecular weight excluding hydrogens is 340 g/mol. The first-order valence-electron chi connectivity index (χ1n) is 8.93. The number of pyridine rings is 1. The molecular formula is C22H22N2O3. The zero-order chi connectivity index (χ0) is 18.5. The molecule has 0 radical (unpaired) electrons. The van der Waals surface area contributed by atoms with Crippen LogP contribution < -0.4 is 14.2 Å². The molecule has 0 saturated carbocycles. The largest absolute Gasteiger partial charge is 0.497 e. The van der Waals surface area contributed by atoms with E-state index in [0.717, 1.165) is 36.9 Å². The van der Waals surface area contributed by atoms with Gasteiger partial charge in [0.2, 0.25) is 6.79 Å². The van der Waals surface area contributed by atoms with Gasteiger partial charge in [-0.3, -0.25) is 9.88 Å². The van der Waals surface area contributed by atoms with Crippen LogP contribution in [0.3, 0.4) is 0 Å². The van der Waals surface area contributed by atoms with Crippen LogP contribution in [0.4, 0.5) is 0 Å². The van der Waals surface area contributed by atoms with E-state index in [-0.39, 0.29) is 0 Å². The van der Waals surface area contributed by atoms with Crippen molar-refractivity contribution in [2.75, 3.05) is 13.9 Å². The van der Waals surface area contributed by atoms with E-state index in [2.05, 4.69) is 46.3 Å². The summed E-state index contributed by atoms with van der Waals surface area (Å²) >= 11 is 0. The molecule has 2 aromatic carbocycles. The lowest BCUT2D eigenvalue weighted by atomic mass is 10.1. The molecule has 0 atom stereocenters. The van der Waals surface area contributed by atoms with Crippen molar-refractivity contribution >= 4 is 0 Å². The standard InChI is InChI=1S/C22H22N2O3/c1-25-20-4-2-3-18(11-20)14-24(13-17-7-9-23-10-8-17)15-19-5-6-21-22(12-19)27-16-26-21/h2-12H,13-16H2,1H3. The van der Waals surface area contributed by atoms with Gasteiger partial charge in [0.15, 0.2) is 11.5 Å². The lowest BCUT2D eigenvalue weighted by Gasteiger charge is -2.23. The minimum Gasteiger partial charge on any atom is -0.497 e. The van der Waals surface area contributed by atoms with Crippen molar-refractivity contribution in [3.63, 3.8) is 0 Å². The molecule has 5 nitrogen and oxygen atoms in total. The molecule has 3 aromatic rings. The number of fused-ring (bicyclic) bond motifs is 1. The first-order valence-corrected chi connectivity index (χ1v) is 8.93. The van der Waals surface area contributed by atoms with Gasteiger partial charge in [0.25, 0.3) is 0 Å². The highest BCUT2D eigenvalue weighted by Gasteiger charge is 2.15. The summed E-state index contributed by atoms with van der Waals surface area (Å²) in [6, 6.07) is 18.4. The number of aromatic nitrogens is 1. The third-order valence-corrected chi connectivity index (χ3v) is 4.54. The van der Waals surface area contributed by atoms with E-state index >= 15 is 0 Å². The Bertz CT molecular complexity index is 899. The average Bonchev–Trinajstić information content (AvgIpc) is 3.17. The zero-order valence-corrected chi connectivity index (χ0v) is 15.3.